The zero-order valence-electron chi connectivity index (χ0n) is 12.5. The molecule has 4 nitrogen and oxygen atoms in total. The molecule has 0 heterocycles. The van der Waals surface area contributed by atoms with Gasteiger partial charge in [0, 0.05) is 12.6 Å². The van der Waals surface area contributed by atoms with Gasteiger partial charge in [0.05, 0.1) is 0 Å². The lowest BCUT2D eigenvalue weighted by molar-refractivity contribution is 0.270. The van der Waals surface area contributed by atoms with Crippen molar-refractivity contribution >= 4 is 10.0 Å². The summed E-state index contributed by atoms with van der Waals surface area (Å²) in [6.45, 7) is 5.51. The lowest BCUT2D eigenvalue weighted by Gasteiger charge is -2.32. The quantitative estimate of drug-likeness (QED) is 0.760. The normalized spacial score (nSPS) is 22.0. The summed E-state index contributed by atoms with van der Waals surface area (Å²) in [5.74, 6) is -0.166. The third-order valence-corrected chi connectivity index (χ3v) is 5.27. The second-order valence-corrected chi connectivity index (χ2v) is 7.52. The Hall–Kier alpha value is -0.980. The molecule has 0 aromatic heterocycles. The van der Waals surface area contributed by atoms with Gasteiger partial charge in [0.1, 0.15) is 10.7 Å². The molecule has 1 aliphatic carbocycles. The smallest absolute Gasteiger partial charge is 0.243 e. The molecule has 0 radical (unpaired) electrons. The highest BCUT2D eigenvalue weighted by Crippen LogP contribution is 2.28. The number of halogens is 1. The molecule has 0 aliphatic heterocycles. The fourth-order valence-corrected chi connectivity index (χ4v) is 3.94. The largest absolute Gasteiger partial charge is 0.313 e. The zero-order chi connectivity index (χ0) is 15.5. The van der Waals surface area contributed by atoms with Crippen molar-refractivity contribution in [3.05, 3.63) is 29.6 Å². The lowest BCUT2D eigenvalue weighted by atomic mass is 9.83. The van der Waals surface area contributed by atoms with Crippen LogP contribution < -0.4 is 10.0 Å². The highest BCUT2D eigenvalue weighted by molar-refractivity contribution is 7.89. The van der Waals surface area contributed by atoms with Crippen molar-refractivity contribution in [2.24, 2.45) is 5.92 Å². The third-order valence-electron chi connectivity index (χ3n) is 3.74. The Morgan fingerprint density at radius 1 is 1.33 bits per heavy atom. The number of hydrogen-bond acceptors (Lipinski definition) is 3. The van der Waals surface area contributed by atoms with Gasteiger partial charge in [0.2, 0.25) is 10.0 Å². The molecule has 1 aliphatic rings. The van der Waals surface area contributed by atoms with Crippen molar-refractivity contribution in [2.75, 3.05) is 6.54 Å². The van der Waals surface area contributed by atoms with Crippen LogP contribution in [0.15, 0.2) is 23.1 Å². The molecular formula is C15H23FN2O2S. The minimum atomic E-state index is -3.78. The molecule has 1 fully saturated rings. The third kappa shape index (κ3) is 4.25. The van der Waals surface area contributed by atoms with Crippen LogP contribution in [0.25, 0.3) is 0 Å². The standard InChI is InChI=1S/C15H23FN2O2S/c1-3-6-17-10-12-4-5-14(16)15(9-12)21(19,20)18-13-7-11(2)8-13/h4-5,9,11,13,17-18H,3,6-8,10H2,1-2H3. The molecule has 1 aromatic carbocycles. The van der Waals surface area contributed by atoms with Gasteiger partial charge in [-0.15, -0.1) is 0 Å². The van der Waals surface area contributed by atoms with Gasteiger partial charge in [-0.3, -0.25) is 0 Å². The Labute approximate surface area is 126 Å². The molecular weight excluding hydrogens is 291 g/mol. The molecule has 2 N–H and O–H groups in total. The van der Waals surface area contributed by atoms with Crippen LogP contribution in [-0.2, 0) is 16.6 Å². The van der Waals surface area contributed by atoms with Crippen LogP contribution in [0.1, 0.15) is 38.7 Å². The first-order valence-electron chi connectivity index (χ1n) is 7.44. The number of hydrogen-bond donors (Lipinski definition) is 2. The van der Waals surface area contributed by atoms with Crippen molar-refractivity contribution in [1.82, 2.24) is 10.0 Å². The highest BCUT2D eigenvalue weighted by atomic mass is 32.2. The summed E-state index contributed by atoms with van der Waals surface area (Å²) in [5, 5.41) is 3.18. The Morgan fingerprint density at radius 3 is 2.67 bits per heavy atom. The van der Waals surface area contributed by atoms with E-state index in [1.54, 1.807) is 6.07 Å². The number of nitrogens with one attached hydrogen (secondary N) is 2. The van der Waals surface area contributed by atoms with Crippen molar-refractivity contribution in [1.29, 1.82) is 0 Å². The molecule has 0 spiro atoms. The molecule has 0 amide bonds. The predicted octanol–water partition coefficient (Wildman–Crippen LogP) is 2.40. The minimum absolute atomic E-state index is 0.0636. The summed E-state index contributed by atoms with van der Waals surface area (Å²) in [5.41, 5.74) is 0.771. The maximum Gasteiger partial charge on any atom is 0.243 e. The highest BCUT2D eigenvalue weighted by Gasteiger charge is 2.31. The van der Waals surface area contributed by atoms with Gasteiger partial charge in [-0.2, -0.15) is 0 Å². The molecule has 1 aromatic rings. The lowest BCUT2D eigenvalue weighted by Crippen LogP contribution is -2.43. The zero-order valence-corrected chi connectivity index (χ0v) is 13.3. The summed E-state index contributed by atoms with van der Waals surface area (Å²) < 4.78 is 41.0. The van der Waals surface area contributed by atoms with Crippen LogP contribution >= 0.6 is 0 Å². The fourth-order valence-electron chi connectivity index (χ4n) is 2.55. The van der Waals surface area contributed by atoms with Gasteiger partial charge in [-0.1, -0.05) is 19.9 Å². The molecule has 0 atom stereocenters. The second kappa shape index (κ2) is 6.85. The summed E-state index contributed by atoms with van der Waals surface area (Å²) in [6.07, 6.45) is 2.63. The van der Waals surface area contributed by atoms with Crippen LogP contribution in [0.4, 0.5) is 4.39 Å². The van der Waals surface area contributed by atoms with E-state index in [0.29, 0.717) is 12.5 Å². The van der Waals surface area contributed by atoms with Crippen molar-refractivity contribution in [2.45, 2.75) is 50.6 Å². The Morgan fingerprint density at radius 2 is 2.05 bits per heavy atom. The van der Waals surface area contributed by atoms with E-state index in [0.717, 1.165) is 31.4 Å². The van der Waals surface area contributed by atoms with Crippen LogP contribution in [0, 0.1) is 11.7 Å². The molecule has 1 saturated carbocycles. The van der Waals surface area contributed by atoms with Crippen molar-refractivity contribution in [3.63, 3.8) is 0 Å². The Kier molecular flexibility index (Phi) is 5.35. The number of sulfonamides is 1. The minimum Gasteiger partial charge on any atom is -0.313 e. The summed E-state index contributed by atoms with van der Waals surface area (Å²) in [4.78, 5) is -0.252. The average molecular weight is 314 g/mol. The van der Waals surface area contributed by atoms with Gasteiger partial charge >= 0.3 is 0 Å². The SMILES string of the molecule is CCCNCc1ccc(F)c(S(=O)(=O)NC2CC(C)C2)c1. The van der Waals surface area contributed by atoms with E-state index in [9.17, 15) is 12.8 Å². The van der Waals surface area contributed by atoms with Crippen LogP contribution in [-0.4, -0.2) is 21.0 Å². The summed E-state index contributed by atoms with van der Waals surface area (Å²) in [7, 11) is -3.78. The van der Waals surface area contributed by atoms with Crippen molar-refractivity contribution in [3.8, 4) is 0 Å². The molecule has 2 rings (SSSR count). The molecule has 118 valence electrons. The molecule has 0 saturated heterocycles. The maximum atomic E-state index is 13.9. The summed E-state index contributed by atoms with van der Waals surface area (Å²) in [6, 6.07) is 4.19. The summed E-state index contributed by atoms with van der Waals surface area (Å²) >= 11 is 0. The molecule has 0 bridgehead atoms. The van der Waals surface area contributed by atoms with Gasteiger partial charge in [0.25, 0.3) is 0 Å². The van der Waals surface area contributed by atoms with Crippen LogP contribution in [0.3, 0.4) is 0 Å². The molecule has 21 heavy (non-hydrogen) atoms. The first-order valence-corrected chi connectivity index (χ1v) is 8.92. The van der Waals surface area contributed by atoms with Gasteiger partial charge < -0.3 is 5.32 Å². The van der Waals surface area contributed by atoms with Crippen LogP contribution in [0.2, 0.25) is 0 Å². The first kappa shape index (κ1) is 16.4. The first-order chi connectivity index (χ1) is 9.92. The van der Waals surface area contributed by atoms with Gasteiger partial charge in [-0.05, 0) is 49.4 Å². The van der Waals surface area contributed by atoms with E-state index in [4.69, 9.17) is 0 Å². The van der Waals surface area contributed by atoms with E-state index in [-0.39, 0.29) is 10.9 Å². The molecule has 0 unspecified atom stereocenters. The maximum absolute atomic E-state index is 13.9. The Balaban J connectivity index is 2.11. The predicted molar refractivity (Wildman–Crippen MR) is 80.9 cm³/mol. The number of benzene rings is 1. The molecule has 6 heteroatoms. The van der Waals surface area contributed by atoms with E-state index in [1.165, 1.54) is 12.1 Å². The fraction of sp³-hybridized carbons (Fsp3) is 0.600. The van der Waals surface area contributed by atoms with E-state index in [2.05, 4.69) is 23.9 Å². The van der Waals surface area contributed by atoms with Gasteiger partial charge in [-0.25, -0.2) is 17.5 Å². The van der Waals surface area contributed by atoms with Crippen LogP contribution in [0.5, 0.6) is 0 Å². The monoisotopic (exact) mass is 314 g/mol. The van der Waals surface area contributed by atoms with E-state index < -0.39 is 15.8 Å². The topological polar surface area (TPSA) is 58.2 Å². The second-order valence-electron chi connectivity index (χ2n) is 5.84. The Bertz CT molecular complexity index is 583. The van der Waals surface area contributed by atoms with Gasteiger partial charge in [0.15, 0.2) is 0 Å². The van der Waals surface area contributed by atoms with E-state index in [1.807, 2.05) is 0 Å². The van der Waals surface area contributed by atoms with E-state index >= 15 is 0 Å². The van der Waals surface area contributed by atoms with Crippen molar-refractivity contribution < 1.29 is 12.8 Å². The average Bonchev–Trinajstić information content (AvgIpc) is 2.39. The number of rotatable bonds is 7.